The minimum Gasteiger partial charge on any atom is -0.508 e. The summed E-state index contributed by atoms with van der Waals surface area (Å²) in [6.07, 6.45) is 0. The number of nitriles is 1. The Bertz CT molecular complexity index is 885. The first-order valence-corrected chi connectivity index (χ1v) is 8.03. The first-order chi connectivity index (χ1) is 11.0. The zero-order valence-corrected chi connectivity index (χ0v) is 13.9. The van der Waals surface area contributed by atoms with Gasteiger partial charge >= 0.3 is 0 Å². The zero-order chi connectivity index (χ0) is 16.6. The molecule has 0 aliphatic carbocycles. The number of halogens is 1. The first kappa shape index (κ1) is 15.5. The molecule has 1 amide bonds. The second-order valence-electron chi connectivity index (χ2n) is 4.67. The predicted octanol–water partition coefficient (Wildman–Crippen LogP) is 3.53. The molecule has 0 saturated carbocycles. The molecule has 1 heterocycles. The number of benzene rings is 2. The molecule has 0 aromatic heterocycles. The highest BCUT2D eigenvalue weighted by molar-refractivity contribution is 9.10. The molecule has 23 heavy (non-hydrogen) atoms. The Hall–Kier alpha value is -2.43. The number of phenolic OH excluding ortho intramolecular Hbond substituents is 1. The van der Waals surface area contributed by atoms with E-state index in [4.69, 9.17) is 15.7 Å². The van der Waals surface area contributed by atoms with E-state index in [0.29, 0.717) is 16.2 Å². The quantitative estimate of drug-likeness (QED) is 0.605. The fourth-order valence-corrected chi connectivity index (χ4v) is 3.39. The molecule has 2 aromatic rings. The number of aromatic hydroxyl groups is 1. The van der Waals surface area contributed by atoms with Crippen LogP contribution in [-0.2, 0) is 4.79 Å². The summed E-state index contributed by atoms with van der Waals surface area (Å²) in [5.74, 6) is -0.298. The highest BCUT2D eigenvalue weighted by Crippen LogP contribution is 2.51. The predicted molar refractivity (Wildman–Crippen MR) is 89.6 cm³/mol. The van der Waals surface area contributed by atoms with Crippen LogP contribution in [0.4, 0.5) is 0 Å². The maximum Gasteiger partial charge on any atom is 0.263 e. The van der Waals surface area contributed by atoms with Gasteiger partial charge in [0.15, 0.2) is 10.7 Å². The van der Waals surface area contributed by atoms with E-state index in [9.17, 15) is 9.90 Å². The number of primary amides is 1. The van der Waals surface area contributed by atoms with Crippen LogP contribution in [0.2, 0.25) is 0 Å². The summed E-state index contributed by atoms with van der Waals surface area (Å²) in [5.41, 5.74) is 6.44. The molecule has 0 atom stereocenters. The number of carbonyl (C=O) groups excluding carboxylic acids is 1. The lowest BCUT2D eigenvalue weighted by atomic mass is 10.0. The van der Waals surface area contributed by atoms with Crippen LogP contribution in [-0.4, -0.2) is 11.0 Å². The van der Waals surface area contributed by atoms with Crippen molar-refractivity contribution in [1.29, 1.82) is 5.26 Å². The van der Waals surface area contributed by atoms with Gasteiger partial charge < -0.3 is 15.6 Å². The molecule has 0 bridgehead atoms. The lowest BCUT2D eigenvalue weighted by molar-refractivity contribution is -0.114. The van der Waals surface area contributed by atoms with Crippen molar-refractivity contribution in [1.82, 2.24) is 0 Å². The van der Waals surface area contributed by atoms with Crippen LogP contribution in [0.25, 0.3) is 11.1 Å². The monoisotopic (exact) mass is 388 g/mol. The van der Waals surface area contributed by atoms with Crippen LogP contribution in [0.1, 0.15) is 0 Å². The van der Waals surface area contributed by atoms with Crippen molar-refractivity contribution >= 4 is 33.6 Å². The van der Waals surface area contributed by atoms with Gasteiger partial charge in [-0.25, -0.2) is 0 Å². The van der Waals surface area contributed by atoms with E-state index in [0.717, 1.165) is 21.8 Å². The summed E-state index contributed by atoms with van der Waals surface area (Å²) >= 11 is 4.46. The number of nitrogens with zero attached hydrogens (tertiary/aromatic N) is 1. The molecule has 114 valence electrons. The Kier molecular flexibility index (Phi) is 4.03. The number of amides is 1. The number of fused-ring (bicyclic) bond motifs is 1. The molecular weight excluding hydrogens is 380 g/mol. The third kappa shape index (κ3) is 2.91. The van der Waals surface area contributed by atoms with Gasteiger partial charge in [-0.05, 0) is 41.6 Å². The first-order valence-electron chi connectivity index (χ1n) is 6.42. The maximum absolute atomic E-state index is 11.3. The molecule has 5 nitrogen and oxygen atoms in total. The molecule has 7 heteroatoms. The molecule has 0 spiro atoms. The Morgan fingerprint density at radius 2 is 2.00 bits per heavy atom. The zero-order valence-electron chi connectivity index (χ0n) is 11.5. The van der Waals surface area contributed by atoms with Gasteiger partial charge in [-0.1, -0.05) is 28.1 Å². The number of phenols is 1. The summed E-state index contributed by atoms with van der Waals surface area (Å²) in [6.45, 7) is 0. The van der Waals surface area contributed by atoms with Crippen molar-refractivity contribution < 1.29 is 14.6 Å². The van der Waals surface area contributed by atoms with E-state index in [-0.39, 0.29) is 16.4 Å². The minimum absolute atomic E-state index is 0.0663. The molecule has 0 saturated heterocycles. The number of ether oxygens (including phenoxy) is 1. The van der Waals surface area contributed by atoms with Gasteiger partial charge in [0, 0.05) is 10.0 Å². The van der Waals surface area contributed by atoms with Crippen molar-refractivity contribution in [3.63, 3.8) is 0 Å². The van der Waals surface area contributed by atoms with E-state index >= 15 is 0 Å². The van der Waals surface area contributed by atoms with Gasteiger partial charge in [-0.15, -0.1) is 0 Å². The minimum atomic E-state index is -0.850. The molecule has 0 fully saturated rings. The molecule has 0 unspecified atom stereocenters. The second kappa shape index (κ2) is 5.99. The number of rotatable bonds is 2. The van der Waals surface area contributed by atoms with Gasteiger partial charge in [0.1, 0.15) is 17.6 Å². The fraction of sp³-hybridized carbons (Fsp3) is 0. The van der Waals surface area contributed by atoms with E-state index in [2.05, 4.69) is 15.9 Å². The Labute approximate surface area is 144 Å². The summed E-state index contributed by atoms with van der Waals surface area (Å²) in [4.78, 5) is 11.9. The SMILES string of the molecule is N#C/C(C(N)=O)=C1/Oc2c(cc(O)cc2-c2ccc(Br)cc2)S1. The third-order valence-electron chi connectivity index (χ3n) is 3.15. The van der Waals surface area contributed by atoms with Crippen molar-refractivity contribution in [2.75, 3.05) is 0 Å². The smallest absolute Gasteiger partial charge is 0.263 e. The molecule has 3 rings (SSSR count). The average molecular weight is 389 g/mol. The van der Waals surface area contributed by atoms with E-state index in [1.165, 1.54) is 6.07 Å². The van der Waals surface area contributed by atoms with Gasteiger partial charge in [-0.2, -0.15) is 5.26 Å². The van der Waals surface area contributed by atoms with Crippen molar-refractivity contribution in [3.05, 3.63) is 51.5 Å². The largest absolute Gasteiger partial charge is 0.508 e. The maximum atomic E-state index is 11.3. The molecule has 1 aliphatic heterocycles. The number of hydrogen-bond donors (Lipinski definition) is 2. The lowest BCUT2D eigenvalue weighted by Gasteiger charge is -2.08. The van der Waals surface area contributed by atoms with E-state index in [1.54, 1.807) is 12.1 Å². The molecule has 1 aliphatic rings. The highest BCUT2D eigenvalue weighted by Gasteiger charge is 2.28. The Balaban J connectivity index is 2.14. The van der Waals surface area contributed by atoms with Crippen molar-refractivity contribution in [3.8, 4) is 28.7 Å². The van der Waals surface area contributed by atoms with Gasteiger partial charge in [0.25, 0.3) is 5.91 Å². The van der Waals surface area contributed by atoms with Crippen LogP contribution in [0.15, 0.2) is 56.4 Å². The Morgan fingerprint density at radius 1 is 1.30 bits per heavy atom. The molecular formula is C16H9BrN2O3S. The normalized spacial score (nSPS) is 14.6. The average Bonchev–Trinajstić information content (AvgIpc) is 2.90. The summed E-state index contributed by atoms with van der Waals surface area (Å²) in [6, 6.07) is 12.3. The van der Waals surface area contributed by atoms with E-state index in [1.807, 2.05) is 24.3 Å². The standard InChI is InChI=1S/C16H9BrN2O3S/c17-9-3-1-8(2-4-9)11-5-10(20)6-13-14(11)22-16(23-13)12(7-18)15(19)21/h1-6,20H,(H2,19,21)/b16-12+. The summed E-state index contributed by atoms with van der Waals surface area (Å²) in [7, 11) is 0. The molecule has 0 radical (unpaired) electrons. The van der Waals surface area contributed by atoms with Crippen molar-refractivity contribution in [2.24, 2.45) is 5.73 Å². The number of nitrogens with two attached hydrogens (primary N) is 1. The molecule has 3 N–H and O–H groups in total. The highest BCUT2D eigenvalue weighted by atomic mass is 79.9. The van der Waals surface area contributed by atoms with Gasteiger partial charge in [0.05, 0.1) is 4.90 Å². The molecule has 2 aromatic carbocycles. The fourth-order valence-electron chi connectivity index (χ4n) is 2.13. The van der Waals surface area contributed by atoms with Crippen LogP contribution < -0.4 is 10.5 Å². The third-order valence-corrected chi connectivity index (χ3v) is 4.68. The number of carbonyl (C=O) groups is 1. The topological polar surface area (TPSA) is 96.3 Å². The summed E-state index contributed by atoms with van der Waals surface area (Å²) in [5, 5.41) is 19.1. The number of thioether (sulfide) groups is 1. The Morgan fingerprint density at radius 3 is 2.61 bits per heavy atom. The van der Waals surface area contributed by atoms with Crippen LogP contribution >= 0.6 is 27.7 Å². The number of hydrogen-bond acceptors (Lipinski definition) is 5. The van der Waals surface area contributed by atoms with Crippen molar-refractivity contribution in [2.45, 2.75) is 4.90 Å². The van der Waals surface area contributed by atoms with Crippen LogP contribution in [0, 0.1) is 11.3 Å². The van der Waals surface area contributed by atoms with Crippen LogP contribution in [0.3, 0.4) is 0 Å². The van der Waals surface area contributed by atoms with Gasteiger partial charge in [0.2, 0.25) is 0 Å². The van der Waals surface area contributed by atoms with E-state index < -0.39 is 5.91 Å². The summed E-state index contributed by atoms with van der Waals surface area (Å²) < 4.78 is 6.61. The lowest BCUT2D eigenvalue weighted by Crippen LogP contribution is -2.15. The van der Waals surface area contributed by atoms with Gasteiger partial charge in [-0.3, -0.25) is 4.79 Å². The van der Waals surface area contributed by atoms with Crippen LogP contribution in [0.5, 0.6) is 11.5 Å². The second-order valence-corrected chi connectivity index (χ2v) is 6.60.